The predicted octanol–water partition coefficient (Wildman–Crippen LogP) is 5.02. The van der Waals surface area contributed by atoms with Gasteiger partial charge in [-0.2, -0.15) is 0 Å². The average Bonchev–Trinajstić information content (AvgIpc) is 3.06. The van der Waals surface area contributed by atoms with E-state index in [1.165, 1.54) is 0 Å². The molecule has 0 unspecified atom stereocenters. The Balaban J connectivity index is 1.58. The first-order valence-electron chi connectivity index (χ1n) is 8.05. The zero-order chi connectivity index (χ0) is 17.6. The maximum Gasteiger partial charge on any atom is 0.253 e. The number of thioether (sulfide) groups is 1. The van der Waals surface area contributed by atoms with Crippen molar-refractivity contribution in [1.82, 2.24) is 9.88 Å². The fourth-order valence-corrected chi connectivity index (χ4v) is 3.98. The van der Waals surface area contributed by atoms with Crippen LogP contribution in [-0.4, -0.2) is 22.8 Å². The molecule has 128 valence electrons. The fraction of sp³-hybridized carbons (Fsp3) is 0.200. The van der Waals surface area contributed by atoms with Crippen LogP contribution in [0.25, 0.3) is 0 Å². The normalized spacial score (nSPS) is 10.6. The van der Waals surface area contributed by atoms with E-state index in [4.69, 9.17) is 0 Å². The van der Waals surface area contributed by atoms with E-state index in [1.807, 2.05) is 68.6 Å². The summed E-state index contributed by atoms with van der Waals surface area (Å²) in [7, 11) is 1.84. The lowest BCUT2D eigenvalue weighted by Gasteiger charge is -2.17. The number of nitrogens with zero attached hydrogens (tertiary/aromatic N) is 2. The van der Waals surface area contributed by atoms with Crippen LogP contribution in [0, 0.1) is 6.92 Å². The van der Waals surface area contributed by atoms with E-state index in [9.17, 15) is 4.79 Å². The molecule has 1 heterocycles. The van der Waals surface area contributed by atoms with Gasteiger partial charge in [0.1, 0.15) is 0 Å². The second-order valence-corrected chi connectivity index (χ2v) is 7.93. The minimum Gasteiger partial charge on any atom is -0.337 e. The van der Waals surface area contributed by atoms with Crippen molar-refractivity contribution >= 4 is 29.0 Å². The monoisotopic (exact) mass is 368 g/mol. The summed E-state index contributed by atoms with van der Waals surface area (Å²) in [5.74, 6) is 0.890. The number of hydrogen-bond donors (Lipinski definition) is 0. The molecule has 3 aromatic rings. The number of aromatic nitrogens is 1. The molecular weight excluding hydrogens is 348 g/mol. The fourth-order valence-electron chi connectivity index (χ4n) is 2.48. The molecule has 0 aliphatic carbocycles. The van der Waals surface area contributed by atoms with Gasteiger partial charge in [-0.25, -0.2) is 4.98 Å². The summed E-state index contributed by atoms with van der Waals surface area (Å²) in [6, 6.07) is 17.8. The average molecular weight is 369 g/mol. The van der Waals surface area contributed by atoms with Crippen molar-refractivity contribution in [3.05, 3.63) is 81.8 Å². The van der Waals surface area contributed by atoms with Crippen LogP contribution in [0.4, 0.5) is 0 Å². The maximum atomic E-state index is 12.6. The van der Waals surface area contributed by atoms with Crippen molar-refractivity contribution in [2.45, 2.75) is 24.1 Å². The SMILES string of the molecule is Cc1nc(CSc2ccc(C(=O)N(C)Cc3ccccc3)cc2)cs1. The Morgan fingerprint density at radius 2 is 1.84 bits per heavy atom. The number of benzene rings is 2. The van der Waals surface area contributed by atoms with Gasteiger partial charge >= 0.3 is 0 Å². The van der Waals surface area contributed by atoms with Gasteiger partial charge in [-0.3, -0.25) is 4.79 Å². The number of amides is 1. The summed E-state index contributed by atoms with van der Waals surface area (Å²) in [5, 5.41) is 3.19. The molecule has 1 aromatic heterocycles. The van der Waals surface area contributed by atoms with E-state index in [1.54, 1.807) is 28.0 Å². The Labute approximate surface area is 156 Å². The van der Waals surface area contributed by atoms with Crippen LogP contribution in [0.2, 0.25) is 0 Å². The van der Waals surface area contributed by atoms with E-state index in [0.717, 1.165) is 26.9 Å². The maximum absolute atomic E-state index is 12.6. The first-order chi connectivity index (χ1) is 12.1. The number of carbonyl (C=O) groups is 1. The highest BCUT2D eigenvalue weighted by molar-refractivity contribution is 7.98. The molecule has 0 spiro atoms. The quantitative estimate of drug-likeness (QED) is 0.573. The second kappa shape index (κ2) is 8.32. The zero-order valence-electron chi connectivity index (χ0n) is 14.3. The van der Waals surface area contributed by atoms with E-state index >= 15 is 0 Å². The van der Waals surface area contributed by atoms with E-state index < -0.39 is 0 Å². The summed E-state index contributed by atoms with van der Waals surface area (Å²) in [6.45, 7) is 2.63. The molecule has 0 N–H and O–H groups in total. The van der Waals surface area contributed by atoms with Gasteiger partial charge < -0.3 is 4.90 Å². The van der Waals surface area contributed by atoms with Crippen molar-refractivity contribution < 1.29 is 4.79 Å². The van der Waals surface area contributed by atoms with Crippen LogP contribution in [0.5, 0.6) is 0 Å². The predicted molar refractivity (Wildman–Crippen MR) is 105 cm³/mol. The Morgan fingerprint density at radius 1 is 1.12 bits per heavy atom. The Bertz CT molecular complexity index is 828. The smallest absolute Gasteiger partial charge is 0.253 e. The second-order valence-electron chi connectivity index (χ2n) is 5.82. The minimum atomic E-state index is 0.0375. The highest BCUT2D eigenvalue weighted by Gasteiger charge is 2.12. The third kappa shape index (κ3) is 4.94. The van der Waals surface area contributed by atoms with Crippen molar-refractivity contribution in [1.29, 1.82) is 0 Å². The topological polar surface area (TPSA) is 33.2 Å². The molecule has 0 aliphatic heterocycles. The summed E-state index contributed by atoms with van der Waals surface area (Å²) in [4.78, 5) is 19.9. The van der Waals surface area contributed by atoms with Crippen LogP contribution >= 0.6 is 23.1 Å². The minimum absolute atomic E-state index is 0.0375. The van der Waals surface area contributed by atoms with Gasteiger partial charge in [0, 0.05) is 35.2 Å². The molecule has 0 bridgehead atoms. The number of rotatable bonds is 6. The van der Waals surface area contributed by atoms with Crippen LogP contribution in [0.3, 0.4) is 0 Å². The highest BCUT2D eigenvalue weighted by Crippen LogP contribution is 2.24. The lowest BCUT2D eigenvalue weighted by atomic mass is 10.1. The number of carbonyl (C=O) groups excluding carboxylic acids is 1. The molecule has 0 radical (unpaired) electrons. The van der Waals surface area contributed by atoms with Crippen molar-refractivity contribution in [3.63, 3.8) is 0 Å². The Kier molecular flexibility index (Phi) is 5.89. The highest BCUT2D eigenvalue weighted by atomic mass is 32.2. The molecule has 25 heavy (non-hydrogen) atoms. The van der Waals surface area contributed by atoms with Crippen LogP contribution < -0.4 is 0 Å². The Morgan fingerprint density at radius 3 is 2.48 bits per heavy atom. The van der Waals surface area contributed by atoms with Gasteiger partial charge in [0.2, 0.25) is 0 Å². The zero-order valence-corrected chi connectivity index (χ0v) is 15.9. The lowest BCUT2D eigenvalue weighted by Crippen LogP contribution is -2.26. The molecule has 5 heteroatoms. The van der Waals surface area contributed by atoms with Crippen molar-refractivity contribution in [2.24, 2.45) is 0 Å². The van der Waals surface area contributed by atoms with Gasteiger partial charge in [0.15, 0.2) is 0 Å². The molecule has 0 atom stereocenters. The summed E-state index contributed by atoms with van der Waals surface area (Å²) in [5.41, 5.74) is 2.95. The summed E-state index contributed by atoms with van der Waals surface area (Å²) < 4.78 is 0. The van der Waals surface area contributed by atoms with Crippen LogP contribution in [0.15, 0.2) is 64.9 Å². The van der Waals surface area contributed by atoms with E-state index in [2.05, 4.69) is 10.4 Å². The van der Waals surface area contributed by atoms with Crippen LogP contribution in [0.1, 0.15) is 26.6 Å². The third-order valence-electron chi connectivity index (χ3n) is 3.76. The van der Waals surface area contributed by atoms with Gasteiger partial charge in [-0.1, -0.05) is 30.3 Å². The molecule has 3 rings (SSSR count). The van der Waals surface area contributed by atoms with E-state index in [0.29, 0.717) is 12.1 Å². The molecule has 0 fully saturated rings. The van der Waals surface area contributed by atoms with Crippen molar-refractivity contribution in [3.8, 4) is 0 Å². The van der Waals surface area contributed by atoms with Crippen LogP contribution in [-0.2, 0) is 12.3 Å². The summed E-state index contributed by atoms with van der Waals surface area (Å²) >= 11 is 3.41. The van der Waals surface area contributed by atoms with Gasteiger partial charge in [0.25, 0.3) is 5.91 Å². The first kappa shape index (κ1) is 17.7. The standard InChI is InChI=1S/C20H20N2OS2/c1-15-21-18(13-24-15)14-25-19-10-8-17(9-11-19)20(23)22(2)12-16-6-4-3-5-7-16/h3-11,13H,12,14H2,1-2H3. The lowest BCUT2D eigenvalue weighted by molar-refractivity contribution is 0.0785. The molecule has 0 aliphatic rings. The molecular formula is C20H20N2OS2. The number of hydrogen-bond acceptors (Lipinski definition) is 4. The molecule has 1 amide bonds. The molecule has 2 aromatic carbocycles. The van der Waals surface area contributed by atoms with Crippen molar-refractivity contribution in [2.75, 3.05) is 7.05 Å². The molecule has 0 saturated carbocycles. The largest absolute Gasteiger partial charge is 0.337 e. The Hall–Kier alpha value is -2.11. The molecule has 0 saturated heterocycles. The van der Waals surface area contributed by atoms with Gasteiger partial charge in [-0.05, 0) is 36.8 Å². The molecule has 3 nitrogen and oxygen atoms in total. The number of aryl methyl sites for hydroxylation is 1. The van der Waals surface area contributed by atoms with Gasteiger partial charge in [0.05, 0.1) is 10.7 Å². The van der Waals surface area contributed by atoms with E-state index in [-0.39, 0.29) is 5.91 Å². The number of thiazole rings is 1. The summed E-state index contributed by atoms with van der Waals surface area (Å²) in [6.07, 6.45) is 0. The van der Waals surface area contributed by atoms with Gasteiger partial charge in [-0.15, -0.1) is 23.1 Å². The first-order valence-corrected chi connectivity index (χ1v) is 9.91. The third-order valence-corrected chi connectivity index (χ3v) is 5.63.